The monoisotopic (exact) mass is 232 g/mol. The third-order valence-electron chi connectivity index (χ3n) is 3.69. The Hall–Kier alpha value is -1.06. The van der Waals surface area contributed by atoms with E-state index in [1.165, 1.54) is 24.1 Å². The standard InChI is InChI=1S/C14H20N2O/c1-2-5-13-12(4-1)14(6-3-8-15-13)16-11-7-9-17-10-11/h1-2,4-5,11,14-16H,3,6-10H2/t11-,14-/m0/s1. The molecule has 2 heterocycles. The number of nitrogens with one attached hydrogen (secondary N) is 2. The first-order valence-electron chi connectivity index (χ1n) is 6.60. The summed E-state index contributed by atoms with van der Waals surface area (Å²) in [6.07, 6.45) is 3.58. The van der Waals surface area contributed by atoms with Crippen LogP contribution in [0.25, 0.3) is 0 Å². The van der Waals surface area contributed by atoms with Gasteiger partial charge in [0.15, 0.2) is 0 Å². The highest BCUT2D eigenvalue weighted by Crippen LogP contribution is 2.30. The molecule has 0 saturated carbocycles. The molecule has 3 rings (SSSR count). The molecule has 92 valence electrons. The molecule has 17 heavy (non-hydrogen) atoms. The van der Waals surface area contributed by atoms with E-state index in [1.54, 1.807) is 0 Å². The Morgan fingerprint density at radius 3 is 3.06 bits per heavy atom. The Morgan fingerprint density at radius 1 is 1.24 bits per heavy atom. The Bertz CT molecular complexity index is 374. The van der Waals surface area contributed by atoms with Crippen molar-refractivity contribution in [2.24, 2.45) is 0 Å². The minimum atomic E-state index is 0.480. The SMILES string of the molecule is c1ccc2c(c1)NCCC[C@@H]2N[C@H]1CCOC1. The Morgan fingerprint density at radius 2 is 2.18 bits per heavy atom. The molecule has 2 N–H and O–H groups in total. The van der Waals surface area contributed by atoms with Crippen LogP contribution < -0.4 is 10.6 Å². The molecular formula is C14H20N2O. The molecule has 0 aromatic heterocycles. The molecule has 1 saturated heterocycles. The Labute approximate surface area is 103 Å². The highest BCUT2D eigenvalue weighted by atomic mass is 16.5. The lowest BCUT2D eigenvalue weighted by atomic mass is 10.0. The second kappa shape index (κ2) is 5.07. The summed E-state index contributed by atoms with van der Waals surface area (Å²) in [6.45, 7) is 2.85. The summed E-state index contributed by atoms with van der Waals surface area (Å²) in [5, 5.41) is 7.26. The zero-order valence-electron chi connectivity index (χ0n) is 10.1. The van der Waals surface area contributed by atoms with Crippen LogP contribution in [-0.2, 0) is 4.74 Å². The van der Waals surface area contributed by atoms with Gasteiger partial charge >= 0.3 is 0 Å². The number of rotatable bonds is 2. The van der Waals surface area contributed by atoms with Crippen molar-refractivity contribution in [1.82, 2.24) is 5.32 Å². The van der Waals surface area contributed by atoms with Crippen LogP contribution in [0.3, 0.4) is 0 Å². The van der Waals surface area contributed by atoms with Crippen LogP contribution in [-0.4, -0.2) is 25.8 Å². The van der Waals surface area contributed by atoms with Crippen LogP contribution in [0, 0.1) is 0 Å². The second-order valence-corrected chi connectivity index (χ2v) is 4.94. The molecule has 2 atom stereocenters. The molecule has 2 aliphatic heterocycles. The average molecular weight is 232 g/mol. The van der Waals surface area contributed by atoms with Crippen LogP contribution >= 0.6 is 0 Å². The summed E-state index contributed by atoms with van der Waals surface area (Å²) < 4.78 is 5.44. The third-order valence-corrected chi connectivity index (χ3v) is 3.69. The van der Waals surface area contributed by atoms with E-state index in [1.807, 2.05) is 0 Å². The normalized spacial score (nSPS) is 28.2. The van der Waals surface area contributed by atoms with Crippen molar-refractivity contribution >= 4 is 5.69 Å². The van der Waals surface area contributed by atoms with Gasteiger partial charge in [-0.1, -0.05) is 18.2 Å². The zero-order chi connectivity index (χ0) is 11.5. The van der Waals surface area contributed by atoms with Crippen LogP contribution in [0.4, 0.5) is 5.69 Å². The van der Waals surface area contributed by atoms with Crippen LogP contribution in [0.15, 0.2) is 24.3 Å². The molecule has 0 aliphatic carbocycles. The predicted octanol–water partition coefficient (Wildman–Crippen LogP) is 2.31. The van der Waals surface area contributed by atoms with Crippen molar-refractivity contribution in [2.45, 2.75) is 31.3 Å². The summed E-state index contributed by atoms with van der Waals surface area (Å²) in [4.78, 5) is 0. The maximum absolute atomic E-state index is 5.44. The van der Waals surface area contributed by atoms with Gasteiger partial charge in [0.05, 0.1) is 6.61 Å². The van der Waals surface area contributed by atoms with Crippen LogP contribution in [0.5, 0.6) is 0 Å². The number of fused-ring (bicyclic) bond motifs is 1. The van der Waals surface area contributed by atoms with Crippen molar-refractivity contribution < 1.29 is 4.74 Å². The van der Waals surface area contributed by atoms with E-state index >= 15 is 0 Å². The van der Waals surface area contributed by atoms with Gasteiger partial charge < -0.3 is 15.4 Å². The van der Waals surface area contributed by atoms with E-state index in [0.29, 0.717) is 12.1 Å². The molecule has 0 amide bonds. The molecular weight excluding hydrogens is 212 g/mol. The highest BCUT2D eigenvalue weighted by molar-refractivity contribution is 5.53. The average Bonchev–Trinajstić information content (AvgIpc) is 2.78. The molecule has 2 aliphatic rings. The summed E-state index contributed by atoms with van der Waals surface area (Å²) in [7, 11) is 0. The summed E-state index contributed by atoms with van der Waals surface area (Å²) in [5.41, 5.74) is 2.71. The van der Waals surface area contributed by atoms with Crippen molar-refractivity contribution in [1.29, 1.82) is 0 Å². The smallest absolute Gasteiger partial charge is 0.0620 e. The first kappa shape index (κ1) is 11.1. The molecule has 1 aromatic carbocycles. The fourth-order valence-electron chi connectivity index (χ4n) is 2.77. The molecule has 1 aromatic rings. The van der Waals surface area contributed by atoms with E-state index in [2.05, 4.69) is 34.9 Å². The lowest BCUT2D eigenvalue weighted by Gasteiger charge is -2.22. The van der Waals surface area contributed by atoms with E-state index in [4.69, 9.17) is 4.74 Å². The number of benzene rings is 1. The minimum Gasteiger partial charge on any atom is -0.385 e. The molecule has 3 heteroatoms. The van der Waals surface area contributed by atoms with Gasteiger partial charge in [0.25, 0.3) is 0 Å². The van der Waals surface area contributed by atoms with Crippen molar-refractivity contribution in [3.63, 3.8) is 0 Å². The van der Waals surface area contributed by atoms with Gasteiger partial charge in [-0.05, 0) is 30.9 Å². The van der Waals surface area contributed by atoms with Gasteiger partial charge in [0, 0.05) is 30.9 Å². The van der Waals surface area contributed by atoms with Crippen molar-refractivity contribution in [3.05, 3.63) is 29.8 Å². The van der Waals surface area contributed by atoms with Crippen LogP contribution in [0.2, 0.25) is 0 Å². The molecule has 0 bridgehead atoms. The summed E-state index contributed by atoms with van der Waals surface area (Å²) >= 11 is 0. The first-order valence-corrected chi connectivity index (χ1v) is 6.60. The van der Waals surface area contributed by atoms with Gasteiger partial charge in [-0.15, -0.1) is 0 Å². The fourth-order valence-corrected chi connectivity index (χ4v) is 2.77. The largest absolute Gasteiger partial charge is 0.385 e. The lowest BCUT2D eigenvalue weighted by molar-refractivity contribution is 0.187. The van der Waals surface area contributed by atoms with E-state index < -0.39 is 0 Å². The van der Waals surface area contributed by atoms with Gasteiger partial charge in [0.2, 0.25) is 0 Å². The van der Waals surface area contributed by atoms with E-state index in [-0.39, 0.29) is 0 Å². The van der Waals surface area contributed by atoms with Gasteiger partial charge in [-0.2, -0.15) is 0 Å². The fraction of sp³-hybridized carbons (Fsp3) is 0.571. The summed E-state index contributed by atoms with van der Waals surface area (Å²) in [5.74, 6) is 0. The summed E-state index contributed by atoms with van der Waals surface area (Å²) in [6, 6.07) is 9.67. The van der Waals surface area contributed by atoms with Gasteiger partial charge in [0.1, 0.15) is 0 Å². The quantitative estimate of drug-likeness (QED) is 0.821. The maximum Gasteiger partial charge on any atom is 0.0620 e. The van der Waals surface area contributed by atoms with E-state index in [9.17, 15) is 0 Å². The number of ether oxygens (including phenoxy) is 1. The first-order chi connectivity index (χ1) is 8.43. The predicted molar refractivity (Wildman–Crippen MR) is 69.3 cm³/mol. The third kappa shape index (κ3) is 2.45. The minimum absolute atomic E-state index is 0.480. The molecule has 0 radical (unpaired) electrons. The van der Waals surface area contributed by atoms with Gasteiger partial charge in [-0.3, -0.25) is 0 Å². The van der Waals surface area contributed by atoms with Crippen LogP contribution in [0.1, 0.15) is 30.9 Å². The molecule has 0 spiro atoms. The topological polar surface area (TPSA) is 33.3 Å². The van der Waals surface area contributed by atoms with E-state index in [0.717, 1.165) is 26.2 Å². The second-order valence-electron chi connectivity index (χ2n) is 4.94. The number of hydrogen-bond acceptors (Lipinski definition) is 3. The van der Waals surface area contributed by atoms with Gasteiger partial charge in [-0.25, -0.2) is 0 Å². The van der Waals surface area contributed by atoms with Crippen molar-refractivity contribution in [3.8, 4) is 0 Å². The Kier molecular flexibility index (Phi) is 3.29. The number of anilines is 1. The van der Waals surface area contributed by atoms with Crippen molar-refractivity contribution in [2.75, 3.05) is 25.1 Å². The molecule has 0 unspecified atom stereocenters. The Balaban J connectivity index is 1.78. The maximum atomic E-state index is 5.44. The number of para-hydroxylation sites is 1. The number of hydrogen-bond donors (Lipinski definition) is 2. The lowest BCUT2D eigenvalue weighted by Crippen LogP contribution is -2.33. The molecule has 1 fully saturated rings. The highest BCUT2D eigenvalue weighted by Gasteiger charge is 2.23. The molecule has 3 nitrogen and oxygen atoms in total. The zero-order valence-corrected chi connectivity index (χ0v) is 10.1.